The van der Waals surface area contributed by atoms with Gasteiger partial charge in [0.2, 0.25) is 0 Å². The monoisotopic (exact) mass is 555 g/mol. The van der Waals surface area contributed by atoms with Crippen molar-refractivity contribution in [3.63, 3.8) is 0 Å². The lowest BCUT2D eigenvalue weighted by Crippen LogP contribution is -2.50. The van der Waals surface area contributed by atoms with Crippen LogP contribution in [0.25, 0.3) is 0 Å². The zero-order valence-electron chi connectivity index (χ0n) is 22.7. The zero-order chi connectivity index (χ0) is 28.8. The summed E-state index contributed by atoms with van der Waals surface area (Å²) >= 11 is 0. The van der Waals surface area contributed by atoms with E-state index in [0.29, 0.717) is 61.6 Å². The van der Waals surface area contributed by atoms with Gasteiger partial charge in [0, 0.05) is 24.3 Å². The van der Waals surface area contributed by atoms with Gasteiger partial charge in [0.15, 0.2) is 0 Å². The van der Waals surface area contributed by atoms with E-state index in [1.165, 1.54) is 5.56 Å². The van der Waals surface area contributed by atoms with Crippen LogP contribution < -0.4 is 10.8 Å². The normalized spacial score (nSPS) is 16.4. The first-order valence-electron chi connectivity index (χ1n) is 13.9. The van der Waals surface area contributed by atoms with Crippen LogP contribution in [0.5, 0.6) is 0 Å². The van der Waals surface area contributed by atoms with Gasteiger partial charge in [-0.3, -0.25) is 14.4 Å². The van der Waals surface area contributed by atoms with Gasteiger partial charge in [0.1, 0.15) is 5.60 Å². The van der Waals surface area contributed by atoms with E-state index in [0.717, 1.165) is 18.4 Å². The molecule has 3 aromatic carbocycles. The standard InChI is InChI=1S/C32H33N3O6/c36-28(32(40)15-6-16-32)29(37)34-27-12-5-11-26(20-27)30(38)35-17-13-23(14-18-35)25-10-4-7-22(19-25)21-33-41-31(39)24-8-2-1-3-9-24/h1-5,7-12,19-20,23,33,40H,6,13-18,21H2,(H,34,37). The van der Waals surface area contributed by atoms with Crippen molar-refractivity contribution >= 4 is 29.3 Å². The lowest BCUT2D eigenvalue weighted by Gasteiger charge is -2.34. The van der Waals surface area contributed by atoms with Crippen LogP contribution in [-0.2, 0) is 21.0 Å². The van der Waals surface area contributed by atoms with Crippen molar-refractivity contribution in [1.29, 1.82) is 0 Å². The van der Waals surface area contributed by atoms with E-state index in [1.807, 2.05) is 18.2 Å². The molecule has 1 saturated carbocycles. The number of hydrogen-bond acceptors (Lipinski definition) is 7. The molecule has 1 heterocycles. The van der Waals surface area contributed by atoms with E-state index in [1.54, 1.807) is 53.4 Å². The summed E-state index contributed by atoms with van der Waals surface area (Å²) in [6.45, 7) is 1.55. The summed E-state index contributed by atoms with van der Waals surface area (Å²) in [6.07, 6.45) is 2.90. The van der Waals surface area contributed by atoms with E-state index in [4.69, 9.17) is 4.84 Å². The number of rotatable bonds is 9. The van der Waals surface area contributed by atoms with Crippen molar-refractivity contribution in [3.05, 3.63) is 101 Å². The van der Waals surface area contributed by atoms with E-state index in [-0.39, 0.29) is 5.91 Å². The molecular weight excluding hydrogens is 522 g/mol. The summed E-state index contributed by atoms with van der Waals surface area (Å²) < 4.78 is 0. The number of benzene rings is 3. The van der Waals surface area contributed by atoms with Crippen LogP contribution in [0.2, 0.25) is 0 Å². The van der Waals surface area contributed by atoms with E-state index in [9.17, 15) is 24.3 Å². The number of hydroxylamine groups is 1. The van der Waals surface area contributed by atoms with E-state index in [2.05, 4.69) is 22.9 Å². The highest BCUT2D eigenvalue weighted by Crippen LogP contribution is 2.33. The molecule has 9 nitrogen and oxygen atoms in total. The van der Waals surface area contributed by atoms with Gasteiger partial charge >= 0.3 is 5.97 Å². The fourth-order valence-corrected chi connectivity index (χ4v) is 5.24. The van der Waals surface area contributed by atoms with Crippen LogP contribution in [0, 0.1) is 0 Å². The zero-order valence-corrected chi connectivity index (χ0v) is 22.7. The molecule has 212 valence electrons. The Hall–Kier alpha value is -4.34. The number of carbonyl (C=O) groups excluding carboxylic acids is 4. The van der Waals surface area contributed by atoms with Crippen LogP contribution in [0.1, 0.15) is 69.9 Å². The molecule has 3 N–H and O–H groups in total. The second kappa shape index (κ2) is 12.4. The maximum absolute atomic E-state index is 13.2. The molecule has 1 saturated heterocycles. The molecule has 1 aliphatic heterocycles. The molecule has 0 spiro atoms. The van der Waals surface area contributed by atoms with Gasteiger partial charge in [-0.15, -0.1) is 5.48 Å². The largest absolute Gasteiger partial charge is 0.381 e. The Morgan fingerprint density at radius 3 is 2.29 bits per heavy atom. The molecule has 3 aromatic rings. The maximum atomic E-state index is 13.2. The smallest absolute Gasteiger partial charge is 0.356 e. The van der Waals surface area contributed by atoms with Crippen LogP contribution in [0.4, 0.5) is 5.69 Å². The van der Waals surface area contributed by atoms with Gasteiger partial charge in [0.05, 0.1) is 12.1 Å². The Kier molecular flexibility index (Phi) is 8.56. The number of aliphatic hydroxyl groups is 1. The van der Waals surface area contributed by atoms with Crippen LogP contribution in [0.15, 0.2) is 78.9 Å². The lowest BCUT2D eigenvalue weighted by molar-refractivity contribution is -0.153. The molecule has 1 aliphatic carbocycles. The highest BCUT2D eigenvalue weighted by atomic mass is 16.7. The highest BCUT2D eigenvalue weighted by Gasteiger charge is 2.45. The molecule has 41 heavy (non-hydrogen) atoms. The summed E-state index contributed by atoms with van der Waals surface area (Å²) in [5, 5.41) is 12.7. The average molecular weight is 556 g/mol. The minimum atomic E-state index is -1.56. The highest BCUT2D eigenvalue weighted by molar-refractivity contribution is 6.43. The third kappa shape index (κ3) is 6.70. The second-order valence-corrected chi connectivity index (χ2v) is 10.6. The Morgan fingerprint density at radius 1 is 0.878 bits per heavy atom. The van der Waals surface area contributed by atoms with Crippen molar-refractivity contribution in [2.45, 2.75) is 50.2 Å². The first-order chi connectivity index (χ1) is 19.8. The van der Waals surface area contributed by atoms with E-state index < -0.39 is 23.3 Å². The molecule has 0 unspecified atom stereocenters. The Bertz CT molecular complexity index is 1430. The van der Waals surface area contributed by atoms with Crippen molar-refractivity contribution in [2.75, 3.05) is 18.4 Å². The van der Waals surface area contributed by atoms with Gasteiger partial charge in [-0.1, -0.05) is 48.5 Å². The average Bonchev–Trinajstić information content (AvgIpc) is 3.00. The molecule has 2 amide bonds. The van der Waals surface area contributed by atoms with Crippen molar-refractivity contribution < 1.29 is 29.1 Å². The van der Waals surface area contributed by atoms with E-state index >= 15 is 0 Å². The summed E-state index contributed by atoms with van der Waals surface area (Å²) in [6, 6.07) is 23.4. The van der Waals surface area contributed by atoms with Gasteiger partial charge in [0.25, 0.3) is 17.6 Å². The molecule has 0 atom stereocenters. The SMILES string of the molecule is O=C(Nc1cccc(C(=O)N2CCC(c3cccc(CNOC(=O)c4ccccc4)c3)CC2)c1)C(=O)C1(O)CCC1. The third-order valence-electron chi connectivity index (χ3n) is 7.83. The summed E-state index contributed by atoms with van der Waals surface area (Å²) in [5.74, 6) is -1.99. The number of amides is 2. The van der Waals surface area contributed by atoms with Gasteiger partial charge in [-0.25, -0.2) is 4.79 Å². The predicted octanol–water partition coefficient (Wildman–Crippen LogP) is 3.99. The molecule has 5 rings (SSSR count). The van der Waals surface area contributed by atoms with Crippen molar-refractivity contribution in [1.82, 2.24) is 10.4 Å². The van der Waals surface area contributed by atoms with Crippen molar-refractivity contribution in [3.8, 4) is 0 Å². The summed E-state index contributed by atoms with van der Waals surface area (Å²) in [5.41, 5.74) is 4.59. The second-order valence-electron chi connectivity index (χ2n) is 10.6. The topological polar surface area (TPSA) is 125 Å². The first kappa shape index (κ1) is 28.2. The molecule has 0 radical (unpaired) electrons. The lowest BCUT2D eigenvalue weighted by atomic mass is 9.77. The number of carbonyl (C=O) groups is 4. The summed E-state index contributed by atoms with van der Waals surface area (Å²) in [7, 11) is 0. The minimum absolute atomic E-state index is 0.137. The summed E-state index contributed by atoms with van der Waals surface area (Å²) in [4.78, 5) is 56.9. The number of piperidine rings is 1. The molecule has 0 aromatic heterocycles. The Labute approximate surface area is 238 Å². The number of hydrogen-bond donors (Lipinski definition) is 3. The molecule has 9 heteroatoms. The number of anilines is 1. The maximum Gasteiger partial charge on any atom is 0.356 e. The van der Waals surface area contributed by atoms with Gasteiger partial charge < -0.3 is 20.2 Å². The molecule has 2 fully saturated rings. The van der Waals surface area contributed by atoms with Crippen LogP contribution >= 0.6 is 0 Å². The third-order valence-corrected chi connectivity index (χ3v) is 7.83. The number of nitrogens with one attached hydrogen (secondary N) is 2. The molecule has 0 bridgehead atoms. The number of ketones is 1. The molecular formula is C32H33N3O6. The minimum Gasteiger partial charge on any atom is -0.381 e. The first-order valence-corrected chi connectivity index (χ1v) is 13.9. The van der Waals surface area contributed by atoms with Crippen molar-refractivity contribution in [2.24, 2.45) is 0 Å². The quantitative estimate of drug-likeness (QED) is 0.269. The number of nitrogens with zero attached hydrogens (tertiary/aromatic N) is 1. The molecule has 2 aliphatic rings. The van der Waals surface area contributed by atoms with Crippen LogP contribution in [0.3, 0.4) is 0 Å². The fraction of sp³-hybridized carbons (Fsp3) is 0.312. The van der Waals surface area contributed by atoms with Gasteiger partial charge in [-0.05, 0) is 79.5 Å². The number of Topliss-reactive ketones (excluding diaryl/α,β-unsaturated/α-hetero) is 1. The predicted molar refractivity (Wildman–Crippen MR) is 152 cm³/mol. The number of likely N-dealkylation sites (tertiary alicyclic amines) is 1. The van der Waals surface area contributed by atoms with Gasteiger partial charge in [-0.2, -0.15) is 0 Å². The van der Waals surface area contributed by atoms with Crippen LogP contribution in [-0.4, -0.2) is 52.3 Å². The Balaban J connectivity index is 1.12. The Morgan fingerprint density at radius 2 is 1.59 bits per heavy atom. The fourth-order valence-electron chi connectivity index (χ4n) is 5.24.